The summed E-state index contributed by atoms with van der Waals surface area (Å²) in [6.45, 7) is 8.66. The molecule has 0 aromatic carbocycles. The average molecular weight is 238 g/mol. The highest BCUT2D eigenvalue weighted by Gasteiger charge is 2.64. The Labute approximate surface area is 105 Å². The summed E-state index contributed by atoms with van der Waals surface area (Å²) >= 11 is 0. The summed E-state index contributed by atoms with van der Waals surface area (Å²) in [4.78, 5) is 0. The molecule has 0 aromatic rings. The molecular formula is C15H26O2. The smallest absolute Gasteiger partial charge is 0.0693 e. The fourth-order valence-electron chi connectivity index (χ4n) is 4.89. The van der Waals surface area contributed by atoms with Crippen molar-refractivity contribution in [1.29, 1.82) is 0 Å². The lowest BCUT2D eigenvalue weighted by Crippen LogP contribution is -2.49. The molecule has 0 unspecified atom stereocenters. The largest absolute Gasteiger partial charge is 0.390 e. The summed E-state index contributed by atoms with van der Waals surface area (Å²) in [5, 5.41) is 10.3. The second-order valence-electron chi connectivity index (χ2n) is 7.64. The Morgan fingerprint density at radius 1 is 1.18 bits per heavy atom. The van der Waals surface area contributed by atoms with E-state index in [1.807, 2.05) is 13.8 Å². The standard InChI is InChI=1S/C15H26O2/c1-13(2,16)10-5-7-14(3)11(9-10)15(4)8-6-12(14)17-15/h10-12,16H,5-9H2,1-4H3/t10-,11+,12+,14+,15-/m0/s1. The molecule has 3 fully saturated rings. The van der Waals surface area contributed by atoms with E-state index < -0.39 is 5.60 Å². The highest BCUT2D eigenvalue weighted by Crippen LogP contribution is 2.64. The third-order valence-electron chi connectivity index (χ3n) is 6.13. The Hall–Kier alpha value is -0.0800. The zero-order valence-corrected chi connectivity index (χ0v) is 11.6. The normalized spacial score (nSPS) is 53.8. The fourth-order valence-corrected chi connectivity index (χ4v) is 4.89. The van der Waals surface area contributed by atoms with Crippen LogP contribution in [-0.4, -0.2) is 22.4 Å². The Kier molecular flexibility index (Phi) is 2.30. The second kappa shape index (κ2) is 3.27. The van der Waals surface area contributed by atoms with Gasteiger partial charge in [-0.25, -0.2) is 0 Å². The maximum absolute atomic E-state index is 10.3. The SMILES string of the molecule is CC(C)(O)[C@H]1CC[C@]2(C)[C@@H](C1)[C@]1(C)CC[C@H]2O1. The molecule has 2 heteroatoms. The maximum Gasteiger partial charge on any atom is 0.0693 e. The van der Waals surface area contributed by atoms with Crippen molar-refractivity contribution in [2.45, 2.75) is 77.1 Å². The molecule has 2 aliphatic heterocycles. The summed E-state index contributed by atoms with van der Waals surface area (Å²) in [6.07, 6.45) is 6.49. The highest BCUT2D eigenvalue weighted by atomic mass is 16.5. The Bertz CT molecular complexity index is 332. The third-order valence-corrected chi connectivity index (χ3v) is 6.13. The molecule has 3 aliphatic rings. The van der Waals surface area contributed by atoms with E-state index in [4.69, 9.17) is 4.74 Å². The highest BCUT2D eigenvalue weighted by molar-refractivity contribution is 5.13. The van der Waals surface area contributed by atoms with Crippen molar-refractivity contribution >= 4 is 0 Å². The molecule has 2 heterocycles. The molecule has 17 heavy (non-hydrogen) atoms. The Balaban J connectivity index is 1.87. The second-order valence-corrected chi connectivity index (χ2v) is 7.64. The van der Waals surface area contributed by atoms with Crippen molar-refractivity contribution in [3.63, 3.8) is 0 Å². The van der Waals surface area contributed by atoms with Crippen molar-refractivity contribution in [2.24, 2.45) is 17.3 Å². The first-order valence-electron chi connectivity index (χ1n) is 7.16. The molecule has 2 bridgehead atoms. The van der Waals surface area contributed by atoms with Gasteiger partial charge in [-0.15, -0.1) is 0 Å². The average Bonchev–Trinajstić information content (AvgIpc) is 2.69. The van der Waals surface area contributed by atoms with E-state index in [0.29, 0.717) is 23.4 Å². The van der Waals surface area contributed by atoms with E-state index >= 15 is 0 Å². The van der Waals surface area contributed by atoms with Gasteiger partial charge in [0.15, 0.2) is 0 Å². The molecule has 0 aromatic heterocycles. The topological polar surface area (TPSA) is 29.5 Å². The monoisotopic (exact) mass is 238 g/mol. The van der Waals surface area contributed by atoms with Crippen LogP contribution in [0.5, 0.6) is 0 Å². The van der Waals surface area contributed by atoms with Crippen LogP contribution in [-0.2, 0) is 4.74 Å². The van der Waals surface area contributed by atoms with Gasteiger partial charge in [0.1, 0.15) is 0 Å². The molecule has 0 radical (unpaired) electrons. The molecule has 98 valence electrons. The number of hydrogen-bond donors (Lipinski definition) is 1. The zero-order chi connectivity index (χ0) is 12.5. The van der Waals surface area contributed by atoms with Crippen LogP contribution >= 0.6 is 0 Å². The van der Waals surface area contributed by atoms with E-state index in [2.05, 4.69) is 13.8 Å². The van der Waals surface area contributed by atoms with Gasteiger partial charge in [-0.2, -0.15) is 0 Å². The van der Waals surface area contributed by atoms with Crippen molar-refractivity contribution in [2.75, 3.05) is 0 Å². The molecule has 2 nitrogen and oxygen atoms in total. The molecule has 1 N–H and O–H groups in total. The lowest BCUT2D eigenvalue weighted by atomic mass is 9.54. The first-order valence-corrected chi connectivity index (χ1v) is 7.16. The van der Waals surface area contributed by atoms with Gasteiger partial charge in [0.2, 0.25) is 0 Å². The van der Waals surface area contributed by atoms with Gasteiger partial charge in [0.05, 0.1) is 17.3 Å². The number of hydrogen-bond acceptors (Lipinski definition) is 2. The van der Waals surface area contributed by atoms with E-state index in [0.717, 1.165) is 12.8 Å². The van der Waals surface area contributed by atoms with E-state index in [9.17, 15) is 5.11 Å². The van der Waals surface area contributed by atoms with Gasteiger partial charge in [0, 0.05) is 0 Å². The molecule has 5 atom stereocenters. The molecule has 0 spiro atoms. The Morgan fingerprint density at radius 2 is 1.88 bits per heavy atom. The van der Waals surface area contributed by atoms with Crippen LogP contribution in [0.4, 0.5) is 0 Å². The van der Waals surface area contributed by atoms with Crippen LogP contribution < -0.4 is 0 Å². The molecule has 3 rings (SSSR count). The van der Waals surface area contributed by atoms with Crippen LogP contribution in [0.1, 0.15) is 59.8 Å². The van der Waals surface area contributed by atoms with Crippen molar-refractivity contribution in [1.82, 2.24) is 0 Å². The first kappa shape index (κ1) is 12.0. The van der Waals surface area contributed by atoms with Gasteiger partial charge >= 0.3 is 0 Å². The lowest BCUT2D eigenvalue weighted by Gasteiger charge is -2.49. The van der Waals surface area contributed by atoms with Crippen molar-refractivity contribution < 1.29 is 9.84 Å². The molecule has 1 aliphatic carbocycles. The van der Waals surface area contributed by atoms with Gasteiger partial charge in [-0.1, -0.05) is 6.92 Å². The summed E-state index contributed by atoms with van der Waals surface area (Å²) in [7, 11) is 0. The van der Waals surface area contributed by atoms with Crippen LogP contribution in [0.25, 0.3) is 0 Å². The quantitative estimate of drug-likeness (QED) is 0.760. The minimum absolute atomic E-state index is 0.101. The molecular weight excluding hydrogens is 212 g/mol. The van der Waals surface area contributed by atoms with Gasteiger partial charge in [-0.3, -0.25) is 0 Å². The predicted octanol–water partition coefficient (Wildman–Crippen LogP) is 3.13. The minimum atomic E-state index is -0.528. The summed E-state index contributed by atoms with van der Waals surface area (Å²) in [5.41, 5.74) is -0.0440. The summed E-state index contributed by atoms with van der Waals surface area (Å²) < 4.78 is 6.29. The van der Waals surface area contributed by atoms with Gasteiger partial charge in [0.25, 0.3) is 0 Å². The van der Waals surface area contributed by atoms with Crippen molar-refractivity contribution in [3.8, 4) is 0 Å². The van der Waals surface area contributed by atoms with Crippen molar-refractivity contribution in [3.05, 3.63) is 0 Å². The lowest BCUT2D eigenvalue weighted by molar-refractivity contribution is -0.0553. The van der Waals surface area contributed by atoms with Gasteiger partial charge < -0.3 is 9.84 Å². The Morgan fingerprint density at radius 3 is 2.53 bits per heavy atom. The van der Waals surface area contributed by atoms with Crippen LogP contribution in [0, 0.1) is 17.3 Å². The predicted molar refractivity (Wildman–Crippen MR) is 67.7 cm³/mol. The molecule has 0 amide bonds. The number of ether oxygens (including phenoxy) is 1. The van der Waals surface area contributed by atoms with Crippen LogP contribution in [0.3, 0.4) is 0 Å². The minimum Gasteiger partial charge on any atom is -0.390 e. The molecule has 2 saturated heterocycles. The fraction of sp³-hybridized carbons (Fsp3) is 1.00. The van der Waals surface area contributed by atoms with Crippen LogP contribution in [0.15, 0.2) is 0 Å². The zero-order valence-electron chi connectivity index (χ0n) is 11.6. The molecule has 1 saturated carbocycles. The number of aliphatic hydroxyl groups is 1. The van der Waals surface area contributed by atoms with Crippen LogP contribution in [0.2, 0.25) is 0 Å². The number of fused-ring (bicyclic) bond motifs is 5. The summed E-state index contributed by atoms with van der Waals surface area (Å²) in [5.74, 6) is 1.10. The first-order chi connectivity index (χ1) is 7.76. The van der Waals surface area contributed by atoms with Gasteiger partial charge in [-0.05, 0) is 70.1 Å². The van der Waals surface area contributed by atoms with E-state index in [1.165, 1.54) is 19.3 Å². The third kappa shape index (κ3) is 1.53. The summed E-state index contributed by atoms with van der Waals surface area (Å²) in [6, 6.07) is 0. The maximum atomic E-state index is 10.3. The van der Waals surface area contributed by atoms with E-state index in [1.54, 1.807) is 0 Å². The number of rotatable bonds is 1. The van der Waals surface area contributed by atoms with E-state index in [-0.39, 0.29) is 5.60 Å².